The van der Waals surface area contributed by atoms with Gasteiger partial charge in [0.05, 0.1) is 21.2 Å². The summed E-state index contributed by atoms with van der Waals surface area (Å²) in [5.74, 6) is 0.0997. The molecule has 1 aliphatic heterocycles. The van der Waals surface area contributed by atoms with Crippen molar-refractivity contribution in [1.29, 1.82) is 0 Å². The zero-order valence-corrected chi connectivity index (χ0v) is 14.7. The summed E-state index contributed by atoms with van der Waals surface area (Å²) in [7, 11) is -3.65. The van der Waals surface area contributed by atoms with Gasteiger partial charge < -0.3 is 4.74 Å². The highest BCUT2D eigenvalue weighted by Gasteiger charge is 2.29. The van der Waals surface area contributed by atoms with Crippen molar-refractivity contribution >= 4 is 39.1 Å². The highest BCUT2D eigenvalue weighted by atomic mass is 35.5. The number of ether oxygens (including phenoxy) is 1. The maximum Gasteiger partial charge on any atom is 0.286 e. The van der Waals surface area contributed by atoms with Crippen LogP contribution in [-0.2, 0) is 21.4 Å². The molecule has 22 heavy (non-hydrogen) atoms. The lowest BCUT2D eigenvalue weighted by Gasteiger charge is -2.04. The zero-order chi connectivity index (χ0) is 16.3. The van der Waals surface area contributed by atoms with Crippen molar-refractivity contribution in [2.75, 3.05) is 0 Å². The van der Waals surface area contributed by atoms with Crippen molar-refractivity contribution in [1.82, 2.24) is 4.37 Å². The van der Waals surface area contributed by atoms with Crippen molar-refractivity contribution in [3.8, 4) is 0 Å². The van der Waals surface area contributed by atoms with Crippen molar-refractivity contribution in [3.05, 3.63) is 45.4 Å². The number of hydrogen-bond acceptors (Lipinski definition) is 5. The number of aromatic nitrogens is 1. The summed E-state index contributed by atoms with van der Waals surface area (Å²) >= 11 is 7.29. The summed E-state index contributed by atoms with van der Waals surface area (Å²) in [6.45, 7) is 5.95. The van der Waals surface area contributed by atoms with Gasteiger partial charge in [0, 0.05) is 0 Å². The Balaban J connectivity index is 0.000000847. The summed E-state index contributed by atoms with van der Waals surface area (Å²) in [5.41, 5.74) is 1.21. The quantitative estimate of drug-likeness (QED) is 0.818. The van der Waals surface area contributed by atoms with E-state index in [1.54, 1.807) is 25.1 Å². The van der Waals surface area contributed by atoms with Gasteiger partial charge >= 0.3 is 0 Å². The number of hydrogen-bond donors (Lipinski definition) is 0. The van der Waals surface area contributed by atoms with Crippen LogP contribution in [0.5, 0.6) is 0 Å². The molecule has 0 spiro atoms. The van der Waals surface area contributed by atoms with Crippen molar-refractivity contribution in [3.63, 3.8) is 0 Å². The van der Waals surface area contributed by atoms with Crippen LogP contribution in [0.4, 0.5) is 0 Å². The molecule has 2 heterocycles. The highest BCUT2D eigenvalue weighted by Crippen LogP contribution is 2.29. The van der Waals surface area contributed by atoms with E-state index in [4.69, 9.17) is 16.3 Å². The first-order valence-electron chi connectivity index (χ1n) is 6.67. The minimum absolute atomic E-state index is 0.0997. The lowest BCUT2D eigenvalue weighted by molar-refractivity contribution is 0.298. The largest absolute Gasteiger partial charge is 0.471 e. The summed E-state index contributed by atoms with van der Waals surface area (Å²) in [4.78, 5) is 0.912. The third kappa shape index (κ3) is 3.16. The van der Waals surface area contributed by atoms with Gasteiger partial charge in [-0.15, -0.1) is 4.40 Å². The number of aryl methyl sites for hydroxylation is 1. The monoisotopic (exact) mass is 358 g/mol. The molecule has 0 fully saturated rings. The number of nitrogens with zero attached hydrogens (tertiary/aromatic N) is 2. The lowest BCUT2D eigenvalue weighted by Crippen LogP contribution is -2.03. The number of halogens is 1. The van der Waals surface area contributed by atoms with E-state index in [1.807, 2.05) is 13.8 Å². The first kappa shape index (κ1) is 16.9. The van der Waals surface area contributed by atoms with Crippen LogP contribution in [0.1, 0.15) is 30.0 Å². The molecular weight excluding hydrogens is 344 g/mol. The van der Waals surface area contributed by atoms with Crippen LogP contribution in [0.2, 0.25) is 5.02 Å². The Morgan fingerprint density at radius 2 is 1.95 bits per heavy atom. The molecule has 0 aliphatic carbocycles. The average Bonchev–Trinajstić information content (AvgIpc) is 2.98. The van der Waals surface area contributed by atoms with Gasteiger partial charge in [-0.3, -0.25) is 0 Å². The van der Waals surface area contributed by atoms with Gasteiger partial charge in [0.15, 0.2) is 0 Å². The van der Waals surface area contributed by atoms with Crippen LogP contribution in [0.25, 0.3) is 0 Å². The van der Waals surface area contributed by atoms with E-state index in [0.29, 0.717) is 10.6 Å². The van der Waals surface area contributed by atoms with Crippen LogP contribution in [-0.4, -0.2) is 18.7 Å². The zero-order valence-electron chi connectivity index (χ0n) is 12.3. The molecule has 0 N–H and O–H groups in total. The molecule has 1 aliphatic rings. The number of benzene rings is 1. The third-order valence-electron chi connectivity index (χ3n) is 2.79. The smallest absolute Gasteiger partial charge is 0.286 e. The Hall–Kier alpha value is -1.44. The van der Waals surface area contributed by atoms with E-state index in [0.717, 1.165) is 10.6 Å². The van der Waals surface area contributed by atoms with E-state index in [1.165, 1.54) is 17.6 Å². The maximum absolute atomic E-state index is 11.8. The van der Waals surface area contributed by atoms with Crippen LogP contribution in [0.15, 0.2) is 33.6 Å². The van der Waals surface area contributed by atoms with Gasteiger partial charge in [-0.25, -0.2) is 0 Å². The molecule has 8 heteroatoms. The first-order chi connectivity index (χ1) is 10.5. The highest BCUT2D eigenvalue weighted by molar-refractivity contribution is 7.90. The lowest BCUT2D eigenvalue weighted by atomic mass is 10.2. The van der Waals surface area contributed by atoms with Crippen LogP contribution in [0.3, 0.4) is 0 Å². The summed E-state index contributed by atoms with van der Waals surface area (Å²) in [6.07, 6.45) is 0. The van der Waals surface area contributed by atoms with Crippen LogP contribution in [0, 0.1) is 6.92 Å². The molecule has 5 nitrogen and oxygen atoms in total. The fraction of sp³-hybridized carbons (Fsp3) is 0.286. The topological polar surface area (TPSA) is 68.6 Å². The Morgan fingerprint density at radius 3 is 2.59 bits per heavy atom. The maximum atomic E-state index is 11.8. The Kier molecular flexibility index (Phi) is 5.20. The third-order valence-corrected chi connectivity index (χ3v) is 5.63. The van der Waals surface area contributed by atoms with Crippen LogP contribution >= 0.6 is 23.1 Å². The SMILES string of the molecule is CC.Cc1nsc(COC2=NS(=O)(=O)c3ccccc32)c1Cl. The second-order valence-corrected chi connectivity index (χ2v) is 6.97. The van der Waals surface area contributed by atoms with Gasteiger partial charge in [-0.05, 0) is 30.6 Å². The standard InChI is InChI=1S/C12H9ClN2O3S2.C2H6/c1-7-11(13)9(19-14-7)6-18-12-8-4-2-3-5-10(8)20(16,17)15-12;1-2/h2-5H,6H2,1H3;1-2H3. The Bertz CT molecular complexity index is 813. The van der Waals surface area contributed by atoms with E-state index in [-0.39, 0.29) is 17.4 Å². The molecule has 1 aromatic carbocycles. The molecule has 118 valence electrons. The molecule has 2 aromatic rings. The van der Waals surface area contributed by atoms with E-state index in [9.17, 15) is 8.42 Å². The first-order valence-corrected chi connectivity index (χ1v) is 9.26. The molecular formula is C14H15ClN2O3S2. The fourth-order valence-electron chi connectivity index (χ4n) is 1.81. The average molecular weight is 359 g/mol. The predicted molar refractivity (Wildman–Crippen MR) is 88.2 cm³/mol. The second kappa shape index (κ2) is 6.76. The van der Waals surface area contributed by atoms with E-state index in [2.05, 4.69) is 8.77 Å². The van der Waals surface area contributed by atoms with E-state index >= 15 is 0 Å². The van der Waals surface area contributed by atoms with E-state index < -0.39 is 10.0 Å². The molecule has 0 unspecified atom stereocenters. The molecule has 3 rings (SSSR count). The Morgan fingerprint density at radius 1 is 1.27 bits per heavy atom. The molecule has 0 amide bonds. The molecule has 0 radical (unpaired) electrons. The van der Waals surface area contributed by atoms with Crippen molar-refractivity contribution in [2.45, 2.75) is 32.3 Å². The molecule has 0 bridgehead atoms. The van der Waals surface area contributed by atoms with Crippen LogP contribution < -0.4 is 0 Å². The number of rotatable bonds is 2. The van der Waals surface area contributed by atoms with Gasteiger partial charge in [0.1, 0.15) is 11.5 Å². The minimum Gasteiger partial charge on any atom is -0.471 e. The molecule has 0 saturated heterocycles. The summed E-state index contributed by atoms with van der Waals surface area (Å²) in [5, 5.41) is 0.546. The normalized spacial score (nSPS) is 14.6. The van der Waals surface area contributed by atoms with Gasteiger partial charge in [0.25, 0.3) is 10.0 Å². The molecule has 0 saturated carbocycles. The van der Waals surface area contributed by atoms with Gasteiger partial charge in [-0.1, -0.05) is 37.6 Å². The van der Waals surface area contributed by atoms with Crippen molar-refractivity contribution < 1.29 is 13.2 Å². The van der Waals surface area contributed by atoms with Gasteiger partial charge in [-0.2, -0.15) is 12.8 Å². The number of sulfonamides is 1. The van der Waals surface area contributed by atoms with Gasteiger partial charge in [0.2, 0.25) is 5.90 Å². The summed E-state index contributed by atoms with van der Waals surface area (Å²) in [6, 6.07) is 6.56. The molecule has 1 aromatic heterocycles. The van der Waals surface area contributed by atoms with Crippen molar-refractivity contribution in [2.24, 2.45) is 4.40 Å². The number of fused-ring (bicyclic) bond motifs is 1. The second-order valence-electron chi connectivity index (χ2n) is 4.16. The summed E-state index contributed by atoms with van der Waals surface area (Å²) < 4.78 is 36.9. The fourth-order valence-corrected chi connectivity index (χ4v) is 3.89. The molecule has 0 atom stereocenters. The minimum atomic E-state index is -3.65. The Labute approximate surface area is 138 Å². The predicted octanol–water partition coefficient (Wildman–Crippen LogP) is 3.80.